The van der Waals surface area contributed by atoms with Gasteiger partial charge in [-0.25, -0.2) is 0 Å². The second kappa shape index (κ2) is 7.39. The number of rotatable bonds is 4. The van der Waals surface area contributed by atoms with Crippen molar-refractivity contribution < 1.29 is 0 Å². The monoisotopic (exact) mass is 356 g/mol. The number of halogens is 1. The summed E-state index contributed by atoms with van der Waals surface area (Å²) in [5, 5.41) is 3.77. The van der Waals surface area contributed by atoms with Crippen molar-refractivity contribution in [1.82, 2.24) is 10.2 Å². The SMILES string of the molecule is Brc1ccc(CCN2CCNC(C3CCCCC3)C2)s1. The minimum atomic E-state index is 0.749. The van der Waals surface area contributed by atoms with Crippen LogP contribution in [0.25, 0.3) is 0 Å². The van der Waals surface area contributed by atoms with Crippen molar-refractivity contribution in [3.8, 4) is 0 Å². The molecule has 0 spiro atoms. The normalized spacial score (nSPS) is 25.9. The van der Waals surface area contributed by atoms with E-state index in [1.54, 1.807) is 0 Å². The molecule has 1 atom stereocenters. The van der Waals surface area contributed by atoms with Crippen LogP contribution in [0.15, 0.2) is 15.9 Å². The van der Waals surface area contributed by atoms with Gasteiger partial charge in [0.1, 0.15) is 0 Å². The summed E-state index contributed by atoms with van der Waals surface area (Å²) in [6.45, 7) is 4.88. The topological polar surface area (TPSA) is 15.3 Å². The van der Waals surface area contributed by atoms with E-state index < -0.39 is 0 Å². The first-order valence-corrected chi connectivity index (χ1v) is 9.62. The Bertz CT molecular complexity index is 414. The number of hydrogen-bond acceptors (Lipinski definition) is 3. The maximum Gasteiger partial charge on any atom is 0.0701 e. The second-order valence-electron chi connectivity index (χ2n) is 6.22. The summed E-state index contributed by atoms with van der Waals surface area (Å²) in [5.41, 5.74) is 0. The summed E-state index contributed by atoms with van der Waals surface area (Å²) in [4.78, 5) is 4.17. The van der Waals surface area contributed by atoms with Crippen molar-refractivity contribution in [2.24, 2.45) is 5.92 Å². The Kier molecular flexibility index (Phi) is 5.55. The molecular weight excluding hydrogens is 332 g/mol. The lowest BCUT2D eigenvalue weighted by Gasteiger charge is -2.39. The minimum absolute atomic E-state index is 0.749. The van der Waals surface area contributed by atoms with Crippen LogP contribution in [-0.4, -0.2) is 37.1 Å². The highest BCUT2D eigenvalue weighted by atomic mass is 79.9. The second-order valence-corrected chi connectivity index (χ2v) is 8.76. The third-order valence-electron chi connectivity index (χ3n) is 4.81. The number of nitrogens with zero attached hydrogens (tertiary/aromatic N) is 1. The van der Waals surface area contributed by atoms with Gasteiger partial charge in [0, 0.05) is 37.1 Å². The van der Waals surface area contributed by atoms with E-state index >= 15 is 0 Å². The minimum Gasteiger partial charge on any atom is -0.311 e. The fourth-order valence-electron chi connectivity index (χ4n) is 3.65. The highest BCUT2D eigenvalue weighted by Crippen LogP contribution is 2.28. The van der Waals surface area contributed by atoms with Gasteiger partial charge in [0.2, 0.25) is 0 Å². The third-order valence-corrected chi connectivity index (χ3v) is 6.50. The van der Waals surface area contributed by atoms with Crippen LogP contribution in [-0.2, 0) is 6.42 Å². The van der Waals surface area contributed by atoms with Crippen molar-refractivity contribution in [1.29, 1.82) is 0 Å². The lowest BCUT2D eigenvalue weighted by molar-refractivity contribution is 0.147. The van der Waals surface area contributed by atoms with Gasteiger partial charge in [0.15, 0.2) is 0 Å². The Labute approximate surface area is 135 Å². The van der Waals surface area contributed by atoms with Gasteiger partial charge < -0.3 is 10.2 Å². The molecule has 1 aromatic rings. The number of hydrogen-bond donors (Lipinski definition) is 1. The number of piperazine rings is 1. The van der Waals surface area contributed by atoms with Gasteiger partial charge in [0.25, 0.3) is 0 Å². The van der Waals surface area contributed by atoms with Crippen LogP contribution in [0.2, 0.25) is 0 Å². The fraction of sp³-hybridized carbons (Fsp3) is 0.750. The van der Waals surface area contributed by atoms with Crippen LogP contribution in [0.1, 0.15) is 37.0 Å². The molecule has 0 radical (unpaired) electrons. The Morgan fingerprint density at radius 1 is 1.25 bits per heavy atom. The highest BCUT2D eigenvalue weighted by Gasteiger charge is 2.27. The van der Waals surface area contributed by atoms with Crippen LogP contribution >= 0.6 is 27.3 Å². The molecule has 1 aliphatic carbocycles. The molecule has 1 aliphatic heterocycles. The van der Waals surface area contributed by atoms with Gasteiger partial charge in [-0.2, -0.15) is 0 Å². The zero-order valence-electron chi connectivity index (χ0n) is 12.1. The number of thiophene rings is 1. The molecule has 1 unspecified atom stereocenters. The van der Waals surface area contributed by atoms with E-state index in [9.17, 15) is 0 Å². The van der Waals surface area contributed by atoms with Crippen LogP contribution in [0.3, 0.4) is 0 Å². The lowest BCUT2D eigenvalue weighted by Crippen LogP contribution is -2.54. The van der Waals surface area contributed by atoms with Crippen molar-refractivity contribution in [2.75, 3.05) is 26.2 Å². The maximum atomic E-state index is 3.77. The van der Waals surface area contributed by atoms with Crippen LogP contribution in [0, 0.1) is 5.92 Å². The standard InChI is InChI=1S/C16H25BrN2S/c17-16-7-6-14(20-16)8-10-19-11-9-18-15(12-19)13-4-2-1-3-5-13/h6-7,13,15,18H,1-5,8-12H2. The predicted molar refractivity (Wildman–Crippen MR) is 90.5 cm³/mol. The van der Waals surface area contributed by atoms with E-state index in [-0.39, 0.29) is 0 Å². The molecule has 0 aromatic carbocycles. The van der Waals surface area contributed by atoms with Gasteiger partial charge in [-0.15, -0.1) is 11.3 Å². The molecule has 2 aliphatic rings. The van der Waals surface area contributed by atoms with Crippen molar-refractivity contribution >= 4 is 27.3 Å². The average Bonchev–Trinajstić information content (AvgIpc) is 2.92. The molecule has 0 bridgehead atoms. The Morgan fingerprint density at radius 3 is 2.85 bits per heavy atom. The molecule has 1 saturated heterocycles. The van der Waals surface area contributed by atoms with Crippen molar-refractivity contribution in [2.45, 2.75) is 44.6 Å². The van der Waals surface area contributed by atoms with Crippen molar-refractivity contribution in [3.63, 3.8) is 0 Å². The molecule has 2 heterocycles. The van der Waals surface area contributed by atoms with Crippen LogP contribution in [0.5, 0.6) is 0 Å². The molecule has 112 valence electrons. The molecule has 1 saturated carbocycles. The Morgan fingerprint density at radius 2 is 2.10 bits per heavy atom. The van der Waals surface area contributed by atoms with Gasteiger partial charge in [-0.1, -0.05) is 19.3 Å². The van der Waals surface area contributed by atoms with E-state index in [1.165, 1.54) is 73.4 Å². The summed E-state index contributed by atoms with van der Waals surface area (Å²) in [6, 6.07) is 5.18. The fourth-order valence-corrected chi connectivity index (χ4v) is 5.12. The molecule has 1 N–H and O–H groups in total. The summed E-state index contributed by atoms with van der Waals surface area (Å²) >= 11 is 5.43. The largest absolute Gasteiger partial charge is 0.311 e. The summed E-state index contributed by atoms with van der Waals surface area (Å²) in [6.07, 6.45) is 8.46. The number of nitrogens with one attached hydrogen (secondary N) is 1. The maximum absolute atomic E-state index is 3.77. The first-order valence-electron chi connectivity index (χ1n) is 8.01. The highest BCUT2D eigenvalue weighted by molar-refractivity contribution is 9.11. The molecule has 4 heteroatoms. The molecular formula is C16H25BrN2S. The predicted octanol–water partition coefficient (Wildman–Crippen LogP) is 3.91. The molecule has 20 heavy (non-hydrogen) atoms. The summed E-state index contributed by atoms with van der Waals surface area (Å²) < 4.78 is 1.26. The quantitative estimate of drug-likeness (QED) is 0.879. The first kappa shape index (κ1) is 15.0. The van der Waals surface area contributed by atoms with Gasteiger partial charge >= 0.3 is 0 Å². The van der Waals surface area contributed by atoms with Gasteiger partial charge in [0.05, 0.1) is 3.79 Å². The van der Waals surface area contributed by atoms with E-state index in [4.69, 9.17) is 0 Å². The molecule has 2 nitrogen and oxygen atoms in total. The summed E-state index contributed by atoms with van der Waals surface area (Å²) in [7, 11) is 0. The van der Waals surface area contributed by atoms with E-state index in [0.717, 1.165) is 12.0 Å². The third kappa shape index (κ3) is 4.06. The smallest absolute Gasteiger partial charge is 0.0701 e. The zero-order chi connectivity index (χ0) is 13.8. The molecule has 2 fully saturated rings. The molecule has 1 aromatic heterocycles. The zero-order valence-corrected chi connectivity index (χ0v) is 14.5. The Hall–Kier alpha value is 0.1000. The van der Waals surface area contributed by atoms with E-state index in [0.29, 0.717) is 0 Å². The van der Waals surface area contributed by atoms with Crippen molar-refractivity contribution in [3.05, 3.63) is 20.8 Å². The van der Waals surface area contributed by atoms with E-state index in [1.807, 2.05) is 11.3 Å². The first-order chi connectivity index (χ1) is 9.81. The van der Waals surface area contributed by atoms with Gasteiger partial charge in [-0.3, -0.25) is 0 Å². The Balaban J connectivity index is 1.47. The summed E-state index contributed by atoms with van der Waals surface area (Å²) in [5.74, 6) is 0.933. The van der Waals surface area contributed by atoms with E-state index in [2.05, 4.69) is 38.3 Å². The van der Waals surface area contributed by atoms with Crippen LogP contribution in [0.4, 0.5) is 0 Å². The molecule has 3 rings (SSSR count). The molecule has 0 amide bonds. The van der Waals surface area contributed by atoms with Gasteiger partial charge in [-0.05, 0) is 53.2 Å². The van der Waals surface area contributed by atoms with Crippen LogP contribution < -0.4 is 5.32 Å². The lowest BCUT2D eigenvalue weighted by atomic mass is 9.83. The average molecular weight is 357 g/mol.